The van der Waals surface area contributed by atoms with Gasteiger partial charge < -0.3 is 10.2 Å². The van der Waals surface area contributed by atoms with Crippen LogP contribution in [0.4, 0.5) is 5.82 Å². The molecule has 1 aliphatic rings. The molecule has 3 nitrogen and oxygen atoms in total. The van der Waals surface area contributed by atoms with Crippen molar-refractivity contribution in [1.29, 1.82) is 0 Å². The number of likely N-dealkylation sites (tertiary alicyclic amines) is 1. The predicted octanol–water partition coefficient (Wildman–Crippen LogP) is 2.66. The van der Waals surface area contributed by atoms with Gasteiger partial charge in [-0.3, -0.25) is 0 Å². The molecule has 2 heterocycles. The number of nitrogens with zero attached hydrogens (tertiary/aromatic N) is 2. The van der Waals surface area contributed by atoms with E-state index >= 15 is 0 Å². The maximum Gasteiger partial charge on any atom is 0.127 e. The Morgan fingerprint density at radius 3 is 2.75 bits per heavy atom. The first-order chi connectivity index (χ1) is 7.65. The minimum atomic E-state index is 0.568. The van der Waals surface area contributed by atoms with Crippen molar-refractivity contribution >= 4 is 21.7 Å². The van der Waals surface area contributed by atoms with Crippen LogP contribution in [0.2, 0.25) is 0 Å². The molecule has 4 heteroatoms. The Morgan fingerprint density at radius 2 is 2.12 bits per heavy atom. The minimum absolute atomic E-state index is 0.568. The fraction of sp³-hybridized carbons (Fsp3) is 0.583. The fourth-order valence-electron chi connectivity index (χ4n) is 1.94. The second-order valence-electron chi connectivity index (χ2n) is 4.54. The molecule has 1 aliphatic heterocycles. The third-order valence-electron chi connectivity index (χ3n) is 3.11. The average Bonchev–Trinajstić information content (AvgIpc) is 2.27. The molecule has 88 valence electrons. The lowest BCUT2D eigenvalue weighted by Crippen LogP contribution is -2.36. The zero-order chi connectivity index (χ0) is 11.5. The van der Waals surface area contributed by atoms with E-state index in [0.717, 1.165) is 10.3 Å². The van der Waals surface area contributed by atoms with Crippen molar-refractivity contribution in [3.05, 3.63) is 22.3 Å². The second-order valence-corrected chi connectivity index (χ2v) is 5.39. The van der Waals surface area contributed by atoms with Crippen LogP contribution in [0.1, 0.15) is 18.4 Å². The number of hydrogen-bond acceptors (Lipinski definition) is 3. The summed E-state index contributed by atoms with van der Waals surface area (Å²) in [6, 6.07) is 2.63. The minimum Gasteiger partial charge on any atom is -0.367 e. The van der Waals surface area contributed by atoms with Crippen molar-refractivity contribution in [2.24, 2.45) is 0 Å². The van der Waals surface area contributed by atoms with Gasteiger partial charge in [-0.2, -0.15) is 0 Å². The van der Waals surface area contributed by atoms with E-state index in [9.17, 15) is 0 Å². The summed E-state index contributed by atoms with van der Waals surface area (Å²) < 4.78 is 1.12. The molecule has 1 aromatic heterocycles. The van der Waals surface area contributed by atoms with Gasteiger partial charge in [0.1, 0.15) is 5.82 Å². The topological polar surface area (TPSA) is 28.2 Å². The van der Waals surface area contributed by atoms with Gasteiger partial charge in [-0.15, -0.1) is 0 Å². The monoisotopic (exact) mass is 283 g/mol. The van der Waals surface area contributed by atoms with Gasteiger partial charge >= 0.3 is 0 Å². The Bertz CT molecular complexity index is 359. The zero-order valence-corrected chi connectivity index (χ0v) is 11.4. The van der Waals surface area contributed by atoms with Crippen LogP contribution in [0.3, 0.4) is 0 Å². The largest absolute Gasteiger partial charge is 0.367 e. The van der Waals surface area contributed by atoms with Gasteiger partial charge in [-0.25, -0.2) is 4.98 Å². The van der Waals surface area contributed by atoms with Gasteiger partial charge in [0, 0.05) is 16.7 Å². The van der Waals surface area contributed by atoms with Crippen molar-refractivity contribution in [3.63, 3.8) is 0 Å². The molecular weight excluding hydrogens is 266 g/mol. The molecule has 2 rings (SSSR count). The highest BCUT2D eigenvalue weighted by Gasteiger charge is 2.16. The number of nitrogens with one attached hydrogen (secondary N) is 1. The first kappa shape index (κ1) is 11.9. The molecule has 0 aromatic carbocycles. The third kappa shape index (κ3) is 2.95. The Kier molecular flexibility index (Phi) is 3.82. The maximum atomic E-state index is 4.40. The van der Waals surface area contributed by atoms with Gasteiger partial charge in [-0.05, 0) is 51.5 Å². The summed E-state index contributed by atoms with van der Waals surface area (Å²) in [7, 11) is 2.18. The van der Waals surface area contributed by atoms with Crippen LogP contribution in [0.15, 0.2) is 16.7 Å². The van der Waals surface area contributed by atoms with E-state index in [1.165, 1.54) is 31.5 Å². The highest BCUT2D eigenvalue weighted by molar-refractivity contribution is 9.10. The number of aryl methyl sites for hydroxylation is 1. The summed E-state index contributed by atoms with van der Waals surface area (Å²) in [4.78, 5) is 6.77. The van der Waals surface area contributed by atoms with Crippen molar-refractivity contribution in [3.8, 4) is 0 Å². The van der Waals surface area contributed by atoms with E-state index in [0.29, 0.717) is 6.04 Å². The average molecular weight is 284 g/mol. The molecule has 0 spiro atoms. The lowest BCUT2D eigenvalue weighted by molar-refractivity contribution is 0.263. The fourth-order valence-corrected chi connectivity index (χ4v) is 2.26. The maximum absolute atomic E-state index is 4.40. The molecule has 1 fully saturated rings. The standard InChI is InChI=1S/C12H18BrN3/c1-9-8-14-12(7-11(9)13)15-10-3-5-16(2)6-4-10/h7-8,10H,3-6H2,1-2H3,(H,14,15). The number of aromatic nitrogens is 1. The molecule has 0 radical (unpaired) electrons. The first-order valence-electron chi connectivity index (χ1n) is 5.72. The molecule has 16 heavy (non-hydrogen) atoms. The van der Waals surface area contributed by atoms with Crippen LogP contribution in [0.25, 0.3) is 0 Å². The molecule has 1 N–H and O–H groups in total. The Labute approximate surface area is 105 Å². The van der Waals surface area contributed by atoms with E-state index in [1.54, 1.807) is 0 Å². The summed E-state index contributed by atoms with van der Waals surface area (Å²) in [6.07, 6.45) is 4.30. The van der Waals surface area contributed by atoms with Gasteiger partial charge in [-0.1, -0.05) is 15.9 Å². The van der Waals surface area contributed by atoms with Gasteiger partial charge in [0.25, 0.3) is 0 Å². The number of hydrogen-bond donors (Lipinski definition) is 1. The Balaban J connectivity index is 1.96. The molecular formula is C12H18BrN3. The predicted molar refractivity (Wildman–Crippen MR) is 70.8 cm³/mol. The SMILES string of the molecule is Cc1cnc(NC2CCN(C)CC2)cc1Br. The van der Waals surface area contributed by atoms with Crippen molar-refractivity contribution < 1.29 is 0 Å². The number of piperidine rings is 1. The van der Waals surface area contributed by atoms with Crippen molar-refractivity contribution in [1.82, 2.24) is 9.88 Å². The first-order valence-corrected chi connectivity index (χ1v) is 6.51. The molecule has 0 saturated carbocycles. The summed E-state index contributed by atoms with van der Waals surface area (Å²) in [5, 5.41) is 3.50. The van der Waals surface area contributed by atoms with Crippen LogP contribution in [0, 0.1) is 6.92 Å². The van der Waals surface area contributed by atoms with E-state index in [4.69, 9.17) is 0 Å². The second kappa shape index (κ2) is 5.15. The van der Waals surface area contributed by atoms with Gasteiger partial charge in [0.15, 0.2) is 0 Å². The lowest BCUT2D eigenvalue weighted by Gasteiger charge is -2.29. The smallest absolute Gasteiger partial charge is 0.127 e. The summed E-state index contributed by atoms with van der Waals surface area (Å²) in [5.41, 5.74) is 1.17. The van der Waals surface area contributed by atoms with Gasteiger partial charge in [0.05, 0.1) is 0 Å². The molecule has 0 unspecified atom stereocenters. The lowest BCUT2D eigenvalue weighted by atomic mass is 10.1. The molecule has 1 aromatic rings. The summed E-state index contributed by atoms with van der Waals surface area (Å²) in [5.74, 6) is 0.979. The Morgan fingerprint density at radius 1 is 1.44 bits per heavy atom. The number of rotatable bonds is 2. The van der Waals surface area contributed by atoms with Gasteiger partial charge in [0.2, 0.25) is 0 Å². The van der Waals surface area contributed by atoms with Crippen molar-refractivity contribution in [2.75, 3.05) is 25.5 Å². The summed E-state index contributed by atoms with van der Waals surface area (Å²) in [6.45, 7) is 4.39. The third-order valence-corrected chi connectivity index (χ3v) is 3.96. The van der Waals surface area contributed by atoms with Crippen molar-refractivity contribution in [2.45, 2.75) is 25.8 Å². The molecule has 0 atom stereocenters. The van der Waals surface area contributed by atoms with E-state index in [-0.39, 0.29) is 0 Å². The van der Waals surface area contributed by atoms with Crippen LogP contribution >= 0.6 is 15.9 Å². The van der Waals surface area contributed by atoms with E-state index < -0.39 is 0 Å². The summed E-state index contributed by atoms with van der Waals surface area (Å²) >= 11 is 3.53. The highest BCUT2D eigenvalue weighted by Crippen LogP contribution is 2.20. The van der Waals surface area contributed by atoms with Crippen LogP contribution in [-0.2, 0) is 0 Å². The van der Waals surface area contributed by atoms with Crippen LogP contribution < -0.4 is 5.32 Å². The van der Waals surface area contributed by atoms with Crippen LogP contribution in [-0.4, -0.2) is 36.1 Å². The Hall–Kier alpha value is -0.610. The normalized spacial score (nSPS) is 18.7. The number of pyridine rings is 1. The number of anilines is 1. The number of halogens is 1. The molecule has 1 saturated heterocycles. The molecule has 0 bridgehead atoms. The van der Waals surface area contributed by atoms with Crippen LogP contribution in [0.5, 0.6) is 0 Å². The van der Waals surface area contributed by atoms with E-state index in [2.05, 4.69) is 51.2 Å². The molecule has 0 amide bonds. The zero-order valence-electron chi connectivity index (χ0n) is 9.83. The van der Waals surface area contributed by atoms with E-state index in [1.807, 2.05) is 6.20 Å². The molecule has 0 aliphatic carbocycles. The quantitative estimate of drug-likeness (QED) is 0.905. The highest BCUT2D eigenvalue weighted by atomic mass is 79.9.